The van der Waals surface area contributed by atoms with Gasteiger partial charge in [-0.05, 0) is 12.5 Å². The van der Waals surface area contributed by atoms with E-state index in [0.29, 0.717) is 5.57 Å². The fraction of sp³-hybridized carbons (Fsp3) is 0.667. The quantitative estimate of drug-likeness (QED) is 0.444. The summed E-state index contributed by atoms with van der Waals surface area (Å²) in [6.07, 6.45) is 0. The van der Waals surface area contributed by atoms with Gasteiger partial charge in [0.2, 0.25) is 0 Å². The number of aliphatic hydroxyl groups excluding tert-OH is 2. The Bertz CT molecular complexity index is 105. The Morgan fingerprint density at radius 2 is 1.78 bits per heavy atom. The van der Waals surface area contributed by atoms with Crippen LogP contribution >= 0.6 is 0 Å². The standard InChI is InChI=1S/C6H12O3/c1-5(2)6(9,3-7)4-8/h7-9H,1,3-4H2,2H3. The van der Waals surface area contributed by atoms with E-state index >= 15 is 0 Å². The van der Waals surface area contributed by atoms with Gasteiger partial charge in [-0.25, -0.2) is 0 Å². The molecule has 0 unspecified atom stereocenters. The van der Waals surface area contributed by atoms with Crippen LogP contribution in [0.4, 0.5) is 0 Å². The Balaban J connectivity index is 4.09. The van der Waals surface area contributed by atoms with Crippen LogP contribution in [0.25, 0.3) is 0 Å². The highest BCUT2D eigenvalue weighted by molar-refractivity contribution is 5.08. The van der Waals surface area contributed by atoms with E-state index in [4.69, 9.17) is 15.3 Å². The van der Waals surface area contributed by atoms with Crippen molar-refractivity contribution in [3.8, 4) is 0 Å². The van der Waals surface area contributed by atoms with Crippen molar-refractivity contribution in [2.75, 3.05) is 13.2 Å². The number of hydrogen-bond acceptors (Lipinski definition) is 3. The molecule has 0 radical (unpaired) electrons. The van der Waals surface area contributed by atoms with Crippen LogP contribution in [0, 0.1) is 0 Å². The molecule has 0 rings (SSSR count). The zero-order valence-corrected chi connectivity index (χ0v) is 5.46. The molecule has 0 saturated carbocycles. The zero-order chi connectivity index (χ0) is 7.49. The monoisotopic (exact) mass is 132 g/mol. The number of hydrogen-bond donors (Lipinski definition) is 3. The highest BCUT2D eigenvalue weighted by Crippen LogP contribution is 2.11. The van der Waals surface area contributed by atoms with Crippen LogP contribution < -0.4 is 0 Å². The first-order valence-electron chi connectivity index (χ1n) is 2.67. The molecule has 0 aromatic carbocycles. The molecule has 3 N–H and O–H groups in total. The van der Waals surface area contributed by atoms with Gasteiger partial charge in [-0.2, -0.15) is 0 Å². The largest absolute Gasteiger partial charge is 0.393 e. The van der Waals surface area contributed by atoms with E-state index in [1.165, 1.54) is 0 Å². The van der Waals surface area contributed by atoms with Gasteiger partial charge in [0.1, 0.15) is 5.60 Å². The van der Waals surface area contributed by atoms with Crippen LogP contribution in [0.3, 0.4) is 0 Å². The minimum atomic E-state index is -1.50. The summed E-state index contributed by atoms with van der Waals surface area (Å²) in [5.41, 5.74) is -1.13. The van der Waals surface area contributed by atoms with E-state index < -0.39 is 18.8 Å². The predicted octanol–water partition coefficient (Wildman–Crippen LogP) is -0.722. The van der Waals surface area contributed by atoms with Gasteiger partial charge in [-0.15, -0.1) is 0 Å². The second-order valence-electron chi connectivity index (χ2n) is 2.13. The van der Waals surface area contributed by atoms with E-state index in [0.717, 1.165) is 0 Å². The van der Waals surface area contributed by atoms with Gasteiger partial charge in [0, 0.05) is 0 Å². The van der Waals surface area contributed by atoms with E-state index in [9.17, 15) is 0 Å². The third kappa shape index (κ3) is 1.78. The van der Waals surface area contributed by atoms with Crippen LogP contribution in [0.15, 0.2) is 12.2 Å². The molecule has 0 aromatic heterocycles. The molecule has 0 spiro atoms. The van der Waals surface area contributed by atoms with Crippen LogP contribution in [0.5, 0.6) is 0 Å². The van der Waals surface area contributed by atoms with Crippen LogP contribution in [0.2, 0.25) is 0 Å². The highest BCUT2D eigenvalue weighted by atomic mass is 16.4. The average molecular weight is 132 g/mol. The number of aliphatic hydroxyl groups is 3. The lowest BCUT2D eigenvalue weighted by molar-refractivity contribution is -0.0255. The van der Waals surface area contributed by atoms with Gasteiger partial charge in [-0.1, -0.05) is 6.58 Å². The Labute approximate surface area is 54.3 Å². The van der Waals surface area contributed by atoms with Gasteiger partial charge in [0.05, 0.1) is 13.2 Å². The van der Waals surface area contributed by atoms with Crippen LogP contribution in [-0.4, -0.2) is 34.1 Å². The predicted molar refractivity (Wildman–Crippen MR) is 33.9 cm³/mol. The first-order valence-corrected chi connectivity index (χ1v) is 2.67. The minimum Gasteiger partial charge on any atom is -0.393 e. The van der Waals surface area contributed by atoms with Crippen LogP contribution in [-0.2, 0) is 0 Å². The normalized spacial score (nSPS) is 11.6. The zero-order valence-electron chi connectivity index (χ0n) is 5.46. The van der Waals surface area contributed by atoms with E-state index in [1.54, 1.807) is 6.92 Å². The maximum Gasteiger partial charge on any atom is 0.131 e. The molecule has 0 saturated heterocycles. The summed E-state index contributed by atoms with van der Waals surface area (Å²) >= 11 is 0. The van der Waals surface area contributed by atoms with Gasteiger partial charge in [0.25, 0.3) is 0 Å². The van der Waals surface area contributed by atoms with Crippen molar-refractivity contribution in [2.45, 2.75) is 12.5 Å². The molecule has 0 aliphatic heterocycles. The maximum atomic E-state index is 9.11. The minimum absolute atomic E-state index is 0.368. The first kappa shape index (κ1) is 8.62. The summed E-state index contributed by atoms with van der Waals surface area (Å²) in [4.78, 5) is 0. The van der Waals surface area contributed by atoms with Crippen molar-refractivity contribution in [2.24, 2.45) is 0 Å². The van der Waals surface area contributed by atoms with Crippen molar-refractivity contribution in [1.29, 1.82) is 0 Å². The molecule has 0 aromatic rings. The first-order chi connectivity index (χ1) is 4.06. The van der Waals surface area contributed by atoms with Gasteiger partial charge < -0.3 is 15.3 Å². The van der Waals surface area contributed by atoms with Gasteiger partial charge in [-0.3, -0.25) is 0 Å². The SMILES string of the molecule is C=C(C)C(O)(CO)CO. The summed E-state index contributed by atoms with van der Waals surface area (Å²) in [6, 6.07) is 0. The molecule has 0 bridgehead atoms. The second-order valence-corrected chi connectivity index (χ2v) is 2.13. The third-order valence-corrected chi connectivity index (χ3v) is 1.32. The van der Waals surface area contributed by atoms with Crippen molar-refractivity contribution in [3.63, 3.8) is 0 Å². The Morgan fingerprint density at radius 1 is 1.44 bits per heavy atom. The topological polar surface area (TPSA) is 60.7 Å². The summed E-state index contributed by atoms with van der Waals surface area (Å²) in [7, 11) is 0. The van der Waals surface area contributed by atoms with E-state index in [-0.39, 0.29) is 0 Å². The van der Waals surface area contributed by atoms with E-state index in [2.05, 4.69) is 6.58 Å². The molecule has 0 amide bonds. The Kier molecular flexibility index (Phi) is 2.84. The second kappa shape index (κ2) is 2.96. The van der Waals surface area contributed by atoms with E-state index in [1.807, 2.05) is 0 Å². The van der Waals surface area contributed by atoms with Crippen molar-refractivity contribution < 1.29 is 15.3 Å². The molecule has 54 valence electrons. The molecule has 0 heterocycles. The molecule has 3 nitrogen and oxygen atoms in total. The lowest BCUT2D eigenvalue weighted by Gasteiger charge is -2.22. The van der Waals surface area contributed by atoms with Gasteiger partial charge >= 0.3 is 0 Å². The fourth-order valence-corrected chi connectivity index (χ4v) is 0.320. The molecule has 9 heavy (non-hydrogen) atoms. The molecule has 0 aliphatic rings. The maximum absolute atomic E-state index is 9.11. The molecule has 3 heteroatoms. The molecular weight excluding hydrogens is 120 g/mol. The average Bonchev–Trinajstić information content (AvgIpc) is 1.86. The summed E-state index contributed by atoms with van der Waals surface area (Å²) in [6.45, 7) is 3.97. The molecular formula is C6H12O3. The highest BCUT2D eigenvalue weighted by Gasteiger charge is 2.25. The van der Waals surface area contributed by atoms with Crippen molar-refractivity contribution >= 4 is 0 Å². The lowest BCUT2D eigenvalue weighted by Crippen LogP contribution is -2.38. The summed E-state index contributed by atoms with van der Waals surface area (Å²) in [5.74, 6) is 0. The Morgan fingerprint density at radius 3 is 1.78 bits per heavy atom. The fourth-order valence-electron chi connectivity index (χ4n) is 0.320. The van der Waals surface area contributed by atoms with Crippen molar-refractivity contribution in [3.05, 3.63) is 12.2 Å². The smallest absolute Gasteiger partial charge is 0.131 e. The summed E-state index contributed by atoms with van der Waals surface area (Å²) in [5, 5.41) is 26.1. The summed E-state index contributed by atoms with van der Waals surface area (Å²) < 4.78 is 0. The molecule has 0 atom stereocenters. The molecule has 0 aliphatic carbocycles. The third-order valence-electron chi connectivity index (χ3n) is 1.32. The van der Waals surface area contributed by atoms with Crippen molar-refractivity contribution in [1.82, 2.24) is 0 Å². The number of rotatable bonds is 3. The Hall–Kier alpha value is -0.380. The lowest BCUT2D eigenvalue weighted by atomic mass is 9.99. The van der Waals surface area contributed by atoms with Gasteiger partial charge in [0.15, 0.2) is 0 Å². The van der Waals surface area contributed by atoms with Crippen LogP contribution in [0.1, 0.15) is 6.92 Å². The molecule has 0 fully saturated rings.